The normalized spacial score (nSPS) is 22.4. The molecular weight excluding hydrogens is 629 g/mol. The summed E-state index contributed by atoms with van der Waals surface area (Å²) in [6.45, 7) is 1.58. The van der Waals surface area contributed by atoms with Gasteiger partial charge in [0.05, 0.1) is 17.8 Å². The second kappa shape index (κ2) is 14.0. The number of nitrogens with one attached hydrogen (secondary N) is 3. The van der Waals surface area contributed by atoms with Crippen LogP contribution in [-0.2, 0) is 16.7 Å². The number of carbonyl (C=O) groups excluding carboxylic acids is 1. The lowest BCUT2D eigenvalue weighted by atomic mass is 9.93. The van der Waals surface area contributed by atoms with Gasteiger partial charge in [0.25, 0.3) is 0 Å². The molecule has 0 radical (unpaired) electrons. The molecule has 1 aliphatic heterocycles. The third-order valence-corrected chi connectivity index (χ3v) is 9.23. The second-order valence-electron chi connectivity index (χ2n) is 12.5. The molecule has 256 valence electrons. The van der Waals surface area contributed by atoms with Crippen molar-refractivity contribution >= 4 is 28.7 Å². The Hall–Kier alpha value is -4.31. The Morgan fingerprint density at radius 3 is 2.52 bits per heavy atom. The maximum atomic E-state index is 13.4. The van der Waals surface area contributed by atoms with E-state index in [4.69, 9.17) is 10.5 Å². The van der Waals surface area contributed by atoms with E-state index in [-0.39, 0.29) is 30.1 Å². The number of urea groups is 1. The number of imidazole rings is 1. The monoisotopic (exact) mass is 668 g/mol. The van der Waals surface area contributed by atoms with E-state index in [2.05, 4.69) is 30.9 Å². The molecular formula is C33H39F3N8O4. The van der Waals surface area contributed by atoms with E-state index in [1.807, 2.05) is 30.3 Å². The molecule has 3 heterocycles. The van der Waals surface area contributed by atoms with E-state index < -0.39 is 42.2 Å². The number of ether oxygens (including phenoxy) is 1. The number of anilines is 2. The van der Waals surface area contributed by atoms with Crippen LogP contribution >= 0.6 is 0 Å². The molecule has 2 aliphatic rings. The van der Waals surface area contributed by atoms with Crippen molar-refractivity contribution in [2.45, 2.75) is 74.8 Å². The largest absolute Gasteiger partial charge is 0.398 e. The highest BCUT2D eigenvalue weighted by molar-refractivity contribution is 5.89. The quantitative estimate of drug-likeness (QED) is 0.115. The SMILES string of the molecule is Nc1ncnc2c1ncn2[C@@H]1O[C@H](C[C@H](CCCNC(=O)Nc2ccc(C3(C(F)(F)F)CC3)cc2)CNCc2ccccc2)C(O)C1O. The van der Waals surface area contributed by atoms with Crippen molar-refractivity contribution in [3.8, 4) is 0 Å². The fourth-order valence-corrected chi connectivity index (χ4v) is 6.36. The molecule has 0 bridgehead atoms. The molecule has 15 heteroatoms. The van der Waals surface area contributed by atoms with Crippen LogP contribution in [0.1, 0.15) is 49.5 Å². The molecule has 1 saturated carbocycles. The Kier molecular flexibility index (Phi) is 9.83. The summed E-state index contributed by atoms with van der Waals surface area (Å²) in [4.78, 5) is 24.9. The predicted octanol–water partition coefficient (Wildman–Crippen LogP) is 4.02. The van der Waals surface area contributed by atoms with E-state index in [0.717, 1.165) is 5.56 Å². The van der Waals surface area contributed by atoms with E-state index in [0.29, 0.717) is 55.7 Å². The predicted molar refractivity (Wildman–Crippen MR) is 172 cm³/mol. The number of alkyl halides is 3. The van der Waals surface area contributed by atoms with Crippen molar-refractivity contribution in [1.82, 2.24) is 30.2 Å². The minimum atomic E-state index is -4.29. The number of nitrogen functional groups attached to an aromatic ring is 1. The molecule has 2 aromatic heterocycles. The summed E-state index contributed by atoms with van der Waals surface area (Å²) in [7, 11) is 0. The fraction of sp³-hybridized carbons (Fsp3) is 0.455. The summed E-state index contributed by atoms with van der Waals surface area (Å²) in [5.74, 6) is 0.207. The number of halogens is 3. The number of nitrogens with two attached hydrogens (primary N) is 1. The van der Waals surface area contributed by atoms with Crippen LogP contribution in [0.5, 0.6) is 0 Å². The Labute approximate surface area is 274 Å². The Morgan fingerprint density at radius 1 is 1.06 bits per heavy atom. The summed E-state index contributed by atoms with van der Waals surface area (Å²) < 4.78 is 48.0. The summed E-state index contributed by atoms with van der Waals surface area (Å²) in [6.07, 6.45) is -3.69. The average molecular weight is 669 g/mol. The van der Waals surface area contributed by atoms with Crippen LogP contribution < -0.4 is 21.7 Å². The average Bonchev–Trinajstić information content (AvgIpc) is 3.72. The number of aliphatic hydroxyl groups excluding tert-OH is 2. The van der Waals surface area contributed by atoms with Crippen molar-refractivity contribution in [1.29, 1.82) is 0 Å². The van der Waals surface area contributed by atoms with E-state index in [9.17, 15) is 28.2 Å². The highest BCUT2D eigenvalue weighted by Gasteiger charge is 2.64. The Balaban J connectivity index is 1.03. The molecule has 2 fully saturated rings. The van der Waals surface area contributed by atoms with Gasteiger partial charge in [-0.05, 0) is 67.8 Å². The smallest absolute Gasteiger partial charge is 0.388 e. The van der Waals surface area contributed by atoms with Gasteiger partial charge in [-0.1, -0.05) is 42.5 Å². The first-order valence-electron chi connectivity index (χ1n) is 16.0. The molecule has 4 aromatic rings. The number of rotatable bonds is 13. The number of fused-ring (bicyclic) bond motifs is 1. The molecule has 2 aromatic carbocycles. The number of amides is 2. The van der Waals surface area contributed by atoms with E-state index in [1.165, 1.54) is 36.9 Å². The van der Waals surface area contributed by atoms with Gasteiger partial charge < -0.3 is 36.6 Å². The van der Waals surface area contributed by atoms with Gasteiger partial charge in [0.2, 0.25) is 0 Å². The van der Waals surface area contributed by atoms with Crippen molar-refractivity contribution in [3.05, 3.63) is 78.4 Å². The standard InChI is InChI=1S/C33H39F3N8O4/c34-33(35,36)32(12-13-32)22-8-10-23(11-9-22)43-31(47)39-14-4-7-21(17-38-16-20-5-2-1-3-6-20)15-24-26(45)27(46)30(48-24)44-19-42-25-28(37)40-18-41-29(25)44/h1-3,5-6,8-11,18-19,21,24,26-27,30,38,45-46H,4,7,12-17H2,(H2,37,40,41)(H2,39,43,47)/t21-,24+,26?,27?,30+/m0/s1. The number of nitrogens with zero attached hydrogens (tertiary/aromatic N) is 4. The molecule has 2 unspecified atom stereocenters. The lowest BCUT2D eigenvalue weighted by Crippen LogP contribution is -2.35. The number of aromatic nitrogens is 4. The molecule has 0 spiro atoms. The summed E-state index contributed by atoms with van der Waals surface area (Å²) in [5.41, 5.74) is 6.63. The lowest BCUT2D eigenvalue weighted by Gasteiger charge is -2.23. The minimum Gasteiger partial charge on any atom is -0.388 e. The highest BCUT2D eigenvalue weighted by atomic mass is 19.4. The lowest BCUT2D eigenvalue weighted by molar-refractivity contribution is -0.160. The third-order valence-electron chi connectivity index (χ3n) is 9.23. The zero-order valence-corrected chi connectivity index (χ0v) is 26.1. The van der Waals surface area contributed by atoms with Crippen LogP contribution in [0.4, 0.5) is 29.5 Å². The van der Waals surface area contributed by atoms with Gasteiger partial charge in [-0.2, -0.15) is 13.2 Å². The molecule has 7 N–H and O–H groups in total. The van der Waals surface area contributed by atoms with Gasteiger partial charge in [-0.15, -0.1) is 0 Å². The third kappa shape index (κ3) is 7.23. The van der Waals surface area contributed by atoms with Crippen molar-refractivity contribution in [2.24, 2.45) is 5.92 Å². The zero-order chi connectivity index (χ0) is 33.9. The summed E-state index contributed by atoms with van der Waals surface area (Å²) in [5, 5.41) is 30.9. The van der Waals surface area contributed by atoms with Gasteiger partial charge >= 0.3 is 12.2 Å². The topological polar surface area (TPSA) is 172 Å². The van der Waals surface area contributed by atoms with Crippen LogP contribution in [-0.4, -0.2) is 73.3 Å². The number of hydrogen-bond acceptors (Lipinski definition) is 9. The van der Waals surface area contributed by atoms with Gasteiger partial charge in [-0.3, -0.25) is 4.57 Å². The summed E-state index contributed by atoms with van der Waals surface area (Å²) >= 11 is 0. The molecule has 1 saturated heterocycles. The van der Waals surface area contributed by atoms with Crippen LogP contribution in [0.2, 0.25) is 0 Å². The Bertz CT molecular complexity index is 1680. The van der Waals surface area contributed by atoms with E-state index >= 15 is 0 Å². The second-order valence-corrected chi connectivity index (χ2v) is 12.5. The summed E-state index contributed by atoms with van der Waals surface area (Å²) in [6, 6.07) is 15.3. The van der Waals surface area contributed by atoms with Crippen LogP contribution in [0.15, 0.2) is 67.3 Å². The maximum absolute atomic E-state index is 13.4. The molecule has 2 amide bonds. The first-order chi connectivity index (χ1) is 23.1. The highest BCUT2D eigenvalue weighted by Crippen LogP contribution is 2.58. The van der Waals surface area contributed by atoms with Gasteiger partial charge in [0.15, 0.2) is 17.7 Å². The first-order valence-corrected chi connectivity index (χ1v) is 16.0. The molecule has 5 atom stereocenters. The number of carbonyl (C=O) groups is 1. The van der Waals surface area contributed by atoms with Crippen molar-refractivity contribution in [3.63, 3.8) is 0 Å². The molecule has 12 nitrogen and oxygen atoms in total. The van der Waals surface area contributed by atoms with Crippen molar-refractivity contribution in [2.75, 3.05) is 24.1 Å². The first kappa shape index (κ1) is 33.6. The van der Waals surface area contributed by atoms with Gasteiger partial charge in [0, 0.05) is 18.8 Å². The molecule has 6 rings (SSSR count). The van der Waals surface area contributed by atoms with Gasteiger partial charge in [0.1, 0.15) is 24.1 Å². The maximum Gasteiger partial charge on any atom is 0.398 e. The van der Waals surface area contributed by atoms with Crippen molar-refractivity contribution < 1.29 is 32.9 Å². The van der Waals surface area contributed by atoms with Crippen LogP contribution in [0, 0.1) is 5.92 Å². The molecule has 1 aliphatic carbocycles. The van der Waals surface area contributed by atoms with Gasteiger partial charge in [-0.25, -0.2) is 19.7 Å². The fourth-order valence-electron chi connectivity index (χ4n) is 6.36. The number of benzene rings is 2. The van der Waals surface area contributed by atoms with E-state index in [1.54, 1.807) is 4.57 Å². The van der Waals surface area contributed by atoms with Crippen LogP contribution in [0.25, 0.3) is 11.2 Å². The minimum absolute atomic E-state index is 0.0117. The zero-order valence-electron chi connectivity index (χ0n) is 26.1. The number of aliphatic hydroxyl groups is 2. The number of hydrogen-bond donors (Lipinski definition) is 6. The molecule has 48 heavy (non-hydrogen) atoms. The Morgan fingerprint density at radius 2 is 1.81 bits per heavy atom. The van der Waals surface area contributed by atoms with Crippen LogP contribution in [0.3, 0.4) is 0 Å².